The fourth-order valence-corrected chi connectivity index (χ4v) is 19.0. The van der Waals surface area contributed by atoms with E-state index >= 15 is 0 Å². The van der Waals surface area contributed by atoms with Gasteiger partial charge in [0.05, 0.1) is 136 Å². The summed E-state index contributed by atoms with van der Waals surface area (Å²) >= 11 is 0. The van der Waals surface area contributed by atoms with Gasteiger partial charge in [-0.1, -0.05) is 40.9 Å². The average molecular weight is 1140 g/mol. The van der Waals surface area contributed by atoms with E-state index in [1.54, 1.807) is 0 Å². The lowest BCUT2D eigenvalue weighted by Crippen LogP contribution is -2.62. The summed E-state index contributed by atoms with van der Waals surface area (Å²) in [7, 11) is 0. The summed E-state index contributed by atoms with van der Waals surface area (Å²) in [5.74, 6) is -4.88. The number of rotatable bonds is 2. The monoisotopic (exact) mass is 1140 g/mol. The molecule has 17 fully saturated rings. The van der Waals surface area contributed by atoms with Crippen molar-refractivity contribution < 1.29 is 95.9 Å². The van der Waals surface area contributed by atoms with Crippen molar-refractivity contribution in [2.24, 2.45) is 29.6 Å². The van der Waals surface area contributed by atoms with Gasteiger partial charge in [0.25, 0.3) is 0 Å². The first-order chi connectivity index (χ1) is 38.9. The predicted octanol–water partition coefficient (Wildman–Crippen LogP) is 4.51. The van der Waals surface area contributed by atoms with Crippen LogP contribution in [0.4, 0.5) is 0 Å². The standard InChI is InChI=1S/C61H86O20/c1-26-13-32-7-9-37-27(2)14-34(67-37)11-12-58-25-61(65)57(81-58)56-55(80-61)54(79-58)53-38(71-56)10-8-33(69-53)15-47(64)73-51-31(6)50-43(70-42(51)16-39(68-32)30(26)5)17-40-45(72-50)21-60(75-40)22-46-49(78-60)29(4)20-59(77-46)19-28(3)48-44(76-59)18-41-52(74-48)35(24-66-41)36(63)23-62/h26,28-29,31-46,48-57,62-63,65H,2,5,7-25H2,1,3-4,6H3. The van der Waals surface area contributed by atoms with Crippen LogP contribution in [0.25, 0.3) is 0 Å². The minimum absolute atomic E-state index is 0.0214. The molecular formula is C61H86O20. The molecule has 0 amide bonds. The molecular weight excluding hydrogens is 1050 g/mol. The Morgan fingerprint density at radius 1 is 0.543 bits per heavy atom. The largest absolute Gasteiger partial charge is 0.459 e. The van der Waals surface area contributed by atoms with Gasteiger partial charge in [0.15, 0.2) is 17.4 Å². The number of hydrogen-bond donors (Lipinski definition) is 3. The number of aliphatic hydroxyl groups is 3. The lowest BCUT2D eigenvalue weighted by Gasteiger charge is -2.54. The van der Waals surface area contributed by atoms with Crippen LogP contribution in [-0.4, -0.2) is 204 Å². The first-order valence-corrected chi connectivity index (χ1v) is 31.4. The molecule has 33 atom stereocenters. The molecule has 12 bridgehead atoms. The third-order valence-corrected chi connectivity index (χ3v) is 22.8. The Hall–Kier alpha value is -1.77. The van der Waals surface area contributed by atoms with Crippen molar-refractivity contribution in [2.75, 3.05) is 13.2 Å². The van der Waals surface area contributed by atoms with E-state index in [1.165, 1.54) is 0 Å². The van der Waals surface area contributed by atoms with E-state index in [-0.39, 0.29) is 140 Å². The number of fused-ring (bicyclic) bond motifs is 11. The smallest absolute Gasteiger partial charge is 0.308 e. The molecule has 20 nitrogen and oxygen atoms in total. The fraction of sp³-hybridized carbons (Fsp3) is 0.918. The molecule has 0 aromatic carbocycles. The second-order valence-electron chi connectivity index (χ2n) is 28.3. The molecule has 17 aliphatic heterocycles. The third-order valence-electron chi connectivity index (χ3n) is 22.8. The Morgan fingerprint density at radius 3 is 2.10 bits per heavy atom. The molecule has 0 radical (unpaired) electrons. The van der Waals surface area contributed by atoms with Crippen LogP contribution in [0.5, 0.6) is 0 Å². The van der Waals surface area contributed by atoms with Crippen LogP contribution in [0.1, 0.15) is 137 Å². The molecule has 17 saturated heterocycles. The maximum Gasteiger partial charge on any atom is 0.308 e. The zero-order valence-corrected chi connectivity index (χ0v) is 47.4. The maximum absolute atomic E-state index is 14.6. The van der Waals surface area contributed by atoms with Crippen LogP contribution in [0, 0.1) is 29.6 Å². The van der Waals surface area contributed by atoms with Gasteiger partial charge in [-0.05, 0) is 73.8 Å². The minimum Gasteiger partial charge on any atom is -0.459 e. The molecule has 17 rings (SSSR count). The number of esters is 1. The minimum atomic E-state index is -1.54. The van der Waals surface area contributed by atoms with E-state index in [0.717, 1.165) is 36.8 Å². The normalized spacial score (nSPS) is 59.3. The Morgan fingerprint density at radius 2 is 1.25 bits per heavy atom. The van der Waals surface area contributed by atoms with Crippen LogP contribution in [-0.2, 0) is 80.6 Å². The van der Waals surface area contributed by atoms with Gasteiger partial charge < -0.3 is 91.1 Å². The van der Waals surface area contributed by atoms with Crippen molar-refractivity contribution in [1.82, 2.24) is 0 Å². The highest BCUT2D eigenvalue weighted by molar-refractivity contribution is 5.70. The Kier molecular flexibility index (Phi) is 13.4. The van der Waals surface area contributed by atoms with Gasteiger partial charge in [0.1, 0.15) is 36.6 Å². The molecule has 17 aliphatic rings. The Bertz CT molecular complexity index is 2470. The lowest BCUT2D eigenvalue weighted by molar-refractivity contribution is -0.370. The molecule has 20 heteroatoms. The zero-order chi connectivity index (χ0) is 55.2. The van der Waals surface area contributed by atoms with Gasteiger partial charge in [0.2, 0.25) is 5.79 Å². The van der Waals surface area contributed by atoms with Crippen molar-refractivity contribution >= 4 is 5.97 Å². The van der Waals surface area contributed by atoms with Crippen LogP contribution in [0.2, 0.25) is 0 Å². The zero-order valence-electron chi connectivity index (χ0n) is 47.4. The molecule has 81 heavy (non-hydrogen) atoms. The number of hydrogen-bond acceptors (Lipinski definition) is 20. The van der Waals surface area contributed by atoms with Crippen molar-refractivity contribution in [3.63, 3.8) is 0 Å². The molecule has 0 aromatic heterocycles. The van der Waals surface area contributed by atoms with Crippen molar-refractivity contribution in [3.8, 4) is 0 Å². The van der Waals surface area contributed by atoms with Gasteiger partial charge in [-0.25, -0.2) is 0 Å². The molecule has 0 saturated carbocycles. The SMILES string of the molecule is C=C1CC2CCC34CC5(O)OC6C(O3)C3OC(CCC3OC6C5O4)CC(=O)OC3C(CC4OC(CCC1O2)CC(C)C4=C)OC1CC2OC4(CC2OC1C3C)CC1OC2(CC(C)C3OC5C(CC3O2)OCC5C(O)CO)CC(C)C1O4. The molecule has 17 heterocycles. The Balaban J connectivity index is 0.630. The summed E-state index contributed by atoms with van der Waals surface area (Å²) in [6.07, 6.45) is 0.657. The second-order valence-corrected chi connectivity index (χ2v) is 28.3. The number of carbonyl (C=O) groups is 1. The summed E-state index contributed by atoms with van der Waals surface area (Å²) in [6, 6.07) is 0. The molecule has 0 aromatic rings. The predicted molar refractivity (Wildman–Crippen MR) is 278 cm³/mol. The highest BCUT2D eigenvalue weighted by Crippen LogP contribution is 2.60. The van der Waals surface area contributed by atoms with E-state index in [2.05, 4.69) is 40.9 Å². The second kappa shape index (κ2) is 19.9. The molecule has 3 N–H and O–H groups in total. The third kappa shape index (κ3) is 9.04. The quantitative estimate of drug-likeness (QED) is 0.256. The number of aliphatic hydroxyl groups excluding tert-OH is 2. The van der Waals surface area contributed by atoms with E-state index < -0.39 is 84.2 Å². The molecule has 33 unspecified atom stereocenters. The van der Waals surface area contributed by atoms with Gasteiger partial charge in [-0.2, -0.15) is 0 Å². The summed E-state index contributed by atoms with van der Waals surface area (Å²) in [5, 5.41) is 32.2. The Labute approximate surface area is 474 Å². The van der Waals surface area contributed by atoms with Gasteiger partial charge in [-0.15, -0.1) is 0 Å². The van der Waals surface area contributed by atoms with E-state index in [1.807, 2.05) is 0 Å². The van der Waals surface area contributed by atoms with E-state index in [9.17, 15) is 20.1 Å². The molecule has 0 aliphatic carbocycles. The van der Waals surface area contributed by atoms with Crippen molar-refractivity contribution in [2.45, 2.75) is 306 Å². The first kappa shape index (κ1) is 54.6. The van der Waals surface area contributed by atoms with Gasteiger partial charge >= 0.3 is 5.97 Å². The summed E-state index contributed by atoms with van der Waals surface area (Å²) in [5.41, 5.74) is 2.09. The summed E-state index contributed by atoms with van der Waals surface area (Å²) < 4.78 is 110. The summed E-state index contributed by atoms with van der Waals surface area (Å²) in [6.45, 7) is 17.9. The highest BCUT2D eigenvalue weighted by Gasteiger charge is 2.75. The van der Waals surface area contributed by atoms with Gasteiger partial charge in [0, 0.05) is 63.2 Å². The number of ether oxygens (including phenoxy) is 16. The fourth-order valence-electron chi connectivity index (χ4n) is 19.0. The van der Waals surface area contributed by atoms with Crippen LogP contribution < -0.4 is 0 Å². The molecule has 3 spiro atoms. The average Bonchev–Trinajstić information content (AvgIpc) is 2.35. The van der Waals surface area contributed by atoms with Crippen LogP contribution in [0.3, 0.4) is 0 Å². The topological polar surface area (TPSA) is 225 Å². The number of carbonyl (C=O) groups excluding carboxylic acids is 1. The maximum atomic E-state index is 14.6. The highest BCUT2D eigenvalue weighted by atomic mass is 16.8. The first-order valence-electron chi connectivity index (χ1n) is 31.4. The van der Waals surface area contributed by atoms with E-state index in [0.29, 0.717) is 77.2 Å². The lowest BCUT2D eigenvalue weighted by atomic mass is 9.77. The van der Waals surface area contributed by atoms with E-state index in [4.69, 9.17) is 75.8 Å². The van der Waals surface area contributed by atoms with Crippen LogP contribution >= 0.6 is 0 Å². The van der Waals surface area contributed by atoms with Crippen LogP contribution in [0.15, 0.2) is 24.3 Å². The van der Waals surface area contributed by atoms with Crippen molar-refractivity contribution in [1.29, 1.82) is 0 Å². The van der Waals surface area contributed by atoms with Crippen molar-refractivity contribution in [3.05, 3.63) is 24.3 Å². The summed E-state index contributed by atoms with van der Waals surface area (Å²) in [4.78, 5) is 14.6. The van der Waals surface area contributed by atoms with Gasteiger partial charge in [-0.3, -0.25) is 4.79 Å². The molecule has 450 valence electrons.